The predicted molar refractivity (Wildman–Crippen MR) is 92.0 cm³/mol. The van der Waals surface area contributed by atoms with E-state index >= 15 is 0 Å². The van der Waals surface area contributed by atoms with E-state index in [1.165, 1.54) is 6.07 Å². The van der Waals surface area contributed by atoms with Gasteiger partial charge in [0.2, 0.25) is 0 Å². The summed E-state index contributed by atoms with van der Waals surface area (Å²) in [7, 11) is -3.70. The van der Waals surface area contributed by atoms with Crippen molar-refractivity contribution in [2.45, 2.75) is 11.4 Å². The van der Waals surface area contributed by atoms with Crippen LogP contribution in [0.15, 0.2) is 50.2 Å². The van der Waals surface area contributed by atoms with E-state index in [2.05, 4.69) is 36.6 Å². The lowest BCUT2D eigenvalue weighted by atomic mass is 10.2. The number of benzene rings is 2. The molecule has 0 amide bonds. The molecule has 0 spiro atoms. The molecule has 0 unspecified atom stereocenters. The second kappa shape index (κ2) is 6.66. The van der Waals surface area contributed by atoms with Crippen LogP contribution in [0.25, 0.3) is 0 Å². The zero-order valence-corrected chi connectivity index (χ0v) is 15.4. The molecule has 21 heavy (non-hydrogen) atoms. The van der Waals surface area contributed by atoms with Gasteiger partial charge in [-0.2, -0.15) is 0 Å². The van der Waals surface area contributed by atoms with Crippen molar-refractivity contribution in [1.29, 1.82) is 0 Å². The van der Waals surface area contributed by atoms with Crippen LogP contribution in [-0.4, -0.2) is 8.42 Å². The van der Waals surface area contributed by atoms with Gasteiger partial charge in [0.15, 0.2) is 0 Å². The molecular weight excluding hydrogens is 443 g/mol. The Balaban J connectivity index is 2.36. The molecular formula is C13H11Br2ClN2O2S. The topological polar surface area (TPSA) is 72.2 Å². The molecule has 8 heteroatoms. The summed E-state index contributed by atoms with van der Waals surface area (Å²) >= 11 is 12.4. The highest BCUT2D eigenvalue weighted by molar-refractivity contribution is 9.10. The molecule has 0 aliphatic carbocycles. The van der Waals surface area contributed by atoms with Crippen molar-refractivity contribution in [2.75, 3.05) is 4.72 Å². The van der Waals surface area contributed by atoms with Crippen LogP contribution in [0.5, 0.6) is 0 Å². The minimum absolute atomic E-state index is 0.144. The third-order valence-corrected chi connectivity index (χ3v) is 6.27. The van der Waals surface area contributed by atoms with Crippen LogP contribution in [0, 0.1) is 0 Å². The quantitative estimate of drug-likeness (QED) is 0.730. The third kappa shape index (κ3) is 3.98. The van der Waals surface area contributed by atoms with Gasteiger partial charge in [-0.15, -0.1) is 0 Å². The number of halogens is 3. The first-order chi connectivity index (χ1) is 9.83. The summed E-state index contributed by atoms with van der Waals surface area (Å²) in [5, 5.41) is 0.506. The van der Waals surface area contributed by atoms with Crippen molar-refractivity contribution in [3.63, 3.8) is 0 Å². The first-order valence-electron chi connectivity index (χ1n) is 5.80. The van der Waals surface area contributed by atoms with Gasteiger partial charge in [-0.25, -0.2) is 8.42 Å². The largest absolute Gasteiger partial charge is 0.326 e. The molecule has 0 fully saturated rings. The molecule has 0 aliphatic rings. The normalized spacial score (nSPS) is 11.4. The van der Waals surface area contributed by atoms with E-state index in [-0.39, 0.29) is 4.90 Å². The Morgan fingerprint density at radius 2 is 1.81 bits per heavy atom. The number of nitrogens with two attached hydrogens (primary N) is 1. The van der Waals surface area contributed by atoms with E-state index in [9.17, 15) is 8.42 Å². The van der Waals surface area contributed by atoms with E-state index < -0.39 is 10.0 Å². The third-order valence-electron chi connectivity index (χ3n) is 2.69. The summed E-state index contributed by atoms with van der Waals surface area (Å²) in [6, 6.07) is 9.67. The van der Waals surface area contributed by atoms with Gasteiger partial charge < -0.3 is 5.73 Å². The van der Waals surface area contributed by atoms with E-state index in [1.807, 2.05) is 0 Å². The lowest BCUT2D eigenvalue weighted by Gasteiger charge is -2.11. The van der Waals surface area contributed by atoms with E-state index in [0.717, 1.165) is 5.56 Å². The van der Waals surface area contributed by atoms with Crippen molar-refractivity contribution in [3.05, 3.63) is 55.9 Å². The highest BCUT2D eigenvalue weighted by Gasteiger charge is 2.18. The van der Waals surface area contributed by atoms with Crippen LogP contribution < -0.4 is 10.5 Å². The minimum Gasteiger partial charge on any atom is -0.326 e. The fourth-order valence-corrected chi connectivity index (χ4v) is 4.33. The molecule has 0 aliphatic heterocycles. The van der Waals surface area contributed by atoms with Gasteiger partial charge in [0, 0.05) is 15.5 Å². The Kier molecular flexibility index (Phi) is 5.32. The summed E-state index contributed by atoms with van der Waals surface area (Å²) in [5.74, 6) is 0. The van der Waals surface area contributed by atoms with Gasteiger partial charge in [-0.05, 0) is 67.8 Å². The lowest BCUT2D eigenvalue weighted by Crippen LogP contribution is -2.14. The lowest BCUT2D eigenvalue weighted by molar-refractivity contribution is 0.600. The molecule has 2 aromatic carbocycles. The second-order valence-electron chi connectivity index (χ2n) is 4.20. The average Bonchev–Trinajstić information content (AvgIpc) is 2.42. The van der Waals surface area contributed by atoms with Crippen LogP contribution in [0.1, 0.15) is 5.56 Å². The number of anilines is 1. The smallest absolute Gasteiger partial charge is 0.263 e. The monoisotopic (exact) mass is 452 g/mol. The predicted octanol–water partition coefficient (Wildman–Crippen LogP) is 4.12. The summed E-state index contributed by atoms with van der Waals surface area (Å²) in [6.07, 6.45) is 0. The summed E-state index contributed by atoms with van der Waals surface area (Å²) < 4.78 is 28.4. The van der Waals surface area contributed by atoms with Gasteiger partial charge in [-0.1, -0.05) is 17.7 Å². The highest BCUT2D eigenvalue weighted by atomic mass is 79.9. The first kappa shape index (κ1) is 16.8. The average molecular weight is 455 g/mol. The molecule has 3 N–H and O–H groups in total. The molecule has 4 nitrogen and oxygen atoms in total. The fourth-order valence-electron chi connectivity index (χ4n) is 1.66. The first-order valence-corrected chi connectivity index (χ1v) is 9.24. The molecule has 0 saturated carbocycles. The van der Waals surface area contributed by atoms with Gasteiger partial charge in [0.25, 0.3) is 10.0 Å². The molecule has 2 rings (SSSR count). The summed E-state index contributed by atoms with van der Waals surface area (Å²) in [5.41, 5.74) is 6.79. The maximum Gasteiger partial charge on any atom is 0.263 e. The Labute approximate surface area is 145 Å². The van der Waals surface area contributed by atoms with Gasteiger partial charge in [-0.3, -0.25) is 4.72 Å². The van der Waals surface area contributed by atoms with Gasteiger partial charge in [0.05, 0.1) is 10.7 Å². The Bertz CT molecular complexity index is 782. The van der Waals surface area contributed by atoms with Crippen molar-refractivity contribution < 1.29 is 8.42 Å². The molecule has 2 aromatic rings. The number of hydrogen-bond acceptors (Lipinski definition) is 3. The van der Waals surface area contributed by atoms with Crippen LogP contribution in [0.3, 0.4) is 0 Å². The van der Waals surface area contributed by atoms with Crippen molar-refractivity contribution in [1.82, 2.24) is 0 Å². The Hall–Kier alpha value is -0.600. The number of nitrogens with one attached hydrogen (secondary N) is 1. The van der Waals surface area contributed by atoms with Crippen molar-refractivity contribution in [3.8, 4) is 0 Å². The van der Waals surface area contributed by atoms with Gasteiger partial charge >= 0.3 is 0 Å². The van der Waals surface area contributed by atoms with E-state index in [0.29, 0.717) is 26.2 Å². The van der Waals surface area contributed by atoms with Crippen LogP contribution >= 0.6 is 43.5 Å². The zero-order chi connectivity index (χ0) is 15.6. The molecule has 112 valence electrons. The van der Waals surface area contributed by atoms with Gasteiger partial charge in [0.1, 0.15) is 4.90 Å². The SMILES string of the molecule is NCc1ccc(S(=O)(=O)Nc2ccc(Cl)c(Br)c2)c(Br)c1. The molecule has 0 atom stereocenters. The van der Waals surface area contributed by atoms with Crippen LogP contribution in [0.2, 0.25) is 5.02 Å². The maximum atomic E-state index is 12.4. The summed E-state index contributed by atoms with van der Waals surface area (Å²) in [6.45, 7) is 0.344. The molecule has 0 bridgehead atoms. The van der Waals surface area contributed by atoms with Crippen molar-refractivity contribution in [2.24, 2.45) is 5.73 Å². The fraction of sp³-hybridized carbons (Fsp3) is 0.0769. The Morgan fingerprint density at radius 3 is 2.38 bits per heavy atom. The molecule has 0 aromatic heterocycles. The summed E-state index contributed by atoms with van der Waals surface area (Å²) in [4.78, 5) is 0.144. The minimum atomic E-state index is -3.70. The van der Waals surface area contributed by atoms with Crippen LogP contribution in [0.4, 0.5) is 5.69 Å². The maximum absolute atomic E-state index is 12.4. The standard InChI is InChI=1S/C13H11Br2ClN2O2S/c14-10-6-9(2-3-12(10)16)18-21(19,20)13-4-1-8(7-17)5-11(13)15/h1-6,18H,7,17H2. The number of rotatable bonds is 4. The van der Waals surface area contributed by atoms with E-state index in [4.69, 9.17) is 17.3 Å². The molecule has 0 radical (unpaired) electrons. The second-order valence-corrected chi connectivity index (χ2v) is 7.97. The van der Waals surface area contributed by atoms with Crippen molar-refractivity contribution >= 4 is 59.2 Å². The zero-order valence-electron chi connectivity index (χ0n) is 10.6. The van der Waals surface area contributed by atoms with Crippen LogP contribution in [-0.2, 0) is 16.6 Å². The number of hydrogen-bond donors (Lipinski definition) is 2. The van der Waals surface area contributed by atoms with E-state index in [1.54, 1.807) is 30.3 Å². The number of sulfonamides is 1. The molecule has 0 heterocycles. The Morgan fingerprint density at radius 1 is 1.10 bits per heavy atom. The highest BCUT2D eigenvalue weighted by Crippen LogP contribution is 2.29. The molecule has 0 saturated heterocycles.